The van der Waals surface area contributed by atoms with Crippen LogP contribution in [0.2, 0.25) is 5.02 Å². The quantitative estimate of drug-likeness (QED) is 0.144. The molecule has 0 amide bonds. The first-order valence-electron chi connectivity index (χ1n) is 12.3. The molecule has 0 N–H and O–H groups in total. The van der Waals surface area contributed by atoms with Gasteiger partial charge in [-0.3, -0.25) is 4.79 Å². The second kappa shape index (κ2) is 11.5. The highest BCUT2D eigenvalue weighted by atomic mass is 79.9. The van der Waals surface area contributed by atoms with E-state index in [0.717, 1.165) is 5.39 Å². The molecule has 2 aromatic heterocycles. The Labute approximate surface area is 242 Å². The molecule has 0 radical (unpaired) electrons. The number of para-hydroxylation sites is 1. The van der Waals surface area contributed by atoms with Crippen LogP contribution in [0.15, 0.2) is 79.4 Å². The zero-order valence-corrected chi connectivity index (χ0v) is 24.0. The van der Waals surface area contributed by atoms with Crippen LogP contribution in [-0.2, 0) is 9.53 Å². The maximum atomic E-state index is 13.6. The Morgan fingerprint density at radius 2 is 2.00 bits per heavy atom. The number of hydrogen-bond donors (Lipinski definition) is 0. The number of halogens is 2. The predicted octanol–water partition coefficient (Wildman–Crippen LogP) is 6.45. The van der Waals surface area contributed by atoms with Crippen LogP contribution in [0.5, 0.6) is 11.5 Å². The van der Waals surface area contributed by atoms with E-state index in [2.05, 4.69) is 21.0 Å². The van der Waals surface area contributed by atoms with Crippen molar-refractivity contribution in [3.63, 3.8) is 0 Å². The molecule has 40 heavy (non-hydrogen) atoms. The Bertz CT molecular complexity index is 1830. The molecule has 0 saturated heterocycles. The van der Waals surface area contributed by atoms with E-state index in [9.17, 15) is 9.59 Å². The fourth-order valence-corrected chi connectivity index (χ4v) is 4.80. The molecule has 0 aliphatic heterocycles. The largest absolute Gasteiger partial charge is 0.490 e. The van der Waals surface area contributed by atoms with Crippen LogP contribution in [-0.4, -0.2) is 41.7 Å². The van der Waals surface area contributed by atoms with E-state index in [0.29, 0.717) is 55.4 Å². The summed E-state index contributed by atoms with van der Waals surface area (Å²) in [5.41, 5.74) is 1.33. The molecule has 0 aliphatic carbocycles. The highest BCUT2D eigenvalue weighted by Gasteiger charge is 2.21. The fraction of sp³-hybridized carbons (Fsp3) is 0.172. The van der Waals surface area contributed by atoms with Gasteiger partial charge in [-0.1, -0.05) is 23.7 Å². The lowest BCUT2D eigenvalue weighted by Crippen LogP contribution is -2.25. The minimum Gasteiger partial charge on any atom is -0.490 e. The Morgan fingerprint density at radius 3 is 2.77 bits per heavy atom. The summed E-state index contributed by atoms with van der Waals surface area (Å²) in [6.07, 6.45) is 0.644. The standard InChI is InChI=1S/C29H23BrClN3O6/c1-4-38-24-12-17(11-21(30)26(24)39-16(2)29(36)37-3)15-32-34-27(33-22-8-6-5-7-20(22)28(34)35)25-14-18-13-19(31)9-10-23(18)40-25/h5-16H,4H2,1-3H3/t16-/m1/s1. The molecule has 11 heteroatoms. The third kappa shape index (κ3) is 5.45. The number of esters is 1. The highest BCUT2D eigenvalue weighted by Crippen LogP contribution is 2.37. The number of aromatic nitrogens is 2. The fourth-order valence-electron chi connectivity index (χ4n) is 4.07. The second-order valence-electron chi connectivity index (χ2n) is 8.65. The van der Waals surface area contributed by atoms with Gasteiger partial charge in [0.15, 0.2) is 23.4 Å². The molecule has 0 spiro atoms. The molecule has 0 saturated carbocycles. The Hall–Kier alpha value is -4.15. The van der Waals surface area contributed by atoms with Crippen molar-refractivity contribution < 1.29 is 23.4 Å². The molecule has 0 aliphatic rings. The first-order valence-corrected chi connectivity index (χ1v) is 13.4. The number of benzene rings is 3. The summed E-state index contributed by atoms with van der Waals surface area (Å²) in [6, 6.07) is 17.5. The van der Waals surface area contributed by atoms with Crippen LogP contribution in [0, 0.1) is 0 Å². The Balaban J connectivity index is 1.61. The number of carbonyl (C=O) groups is 1. The number of ether oxygens (including phenoxy) is 3. The van der Waals surface area contributed by atoms with E-state index in [1.807, 2.05) is 13.0 Å². The van der Waals surface area contributed by atoms with Gasteiger partial charge in [0.2, 0.25) is 5.82 Å². The molecular weight excluding hydrogens is 602 g/mol. The monoisotopic (exact) mass is 623 g/mol. The predicted molar refractivity (Wildman–Crippen MR) is 157 cm³/mol. The Morgan fingerprint density at radius 1 is 1.20 bits per heavy atom. The minimum absolute atomic E-state index is 0.225. The first kappa shape index (κ1) is 27.4. The zero-order valence-electron chi connectivity index (χ0n) is 21.7. The van der Waals surface area contributed by atoms with Crippen molar-refractivity contribution in [2.45, 2.75) is 20.0 Å². The maximum absolute atomic E-state index is 13.6. The smallest absolute Gasteiger partial charge is 0.346 e. The molecule has 5 rings (SSSR count). The van der Waals surface area contributed by atoms with E-state index in [4.69, 9.17) is 35.2 Å². The summed E-state index contributed by atoms with van der Waals surface area (Å²) in [5.74, 6) is 0.774. The zero-order chi connectivity index (χ0) is 28.4. The average molecular weight is 625 g/mol. The van der Waals surface area contributed by atoms with Gasteiger partial charge in [-0.15, -0.1) is 0 Å². The van der Waals surface area contributed by atoms with Crippen LogP contribution in [0.25, 0.3) is 33.5 Å². The van der Waals surface area contributed by atoms with Gasteiger partial charge < -0.3 is 18.6 Å². The second-order valence-corrected chi connectivity index (χ2v) is 9.94. The molecule has 204 valence electrons. The van der Waals surface area contributed by atoms with Crippen molar-refractivity contribution in [2.24, 2.45) is 5.10 Å². The van der Waals surface area contributed by atoms with E-state index in [1.165, 1.54) is 18.0 Å². The number of hydrogen-bond acceptors (Lipinski definition) is 8. The van der Waals surface area contributed by atoms with Gasteiger partial charge in [-0.25, -0.2) is 9.78 Å². The van der Waals surface area contributed by atoms with Gasteiger partial charge in [0, 0.05) is 10.4 Å². The molecule has 0 bridgehead atoms. The number of fused-ring (bicyclic) bond motifs is 2. The minimum atomic E-state index is -0.858. The van der Waals surface area contributed by atoms with Crippen LogP contribution in [0.1, 0.15) is 19.4 Å². The molecule has 3 aromatic carbocycles. The number of methoxy groups -OCH3 is 1. The molecule has 5 aromatic rings. The van der Waals surface area contributed by atoms with Crippen molar-refractivity contribution >= 4 is 61.6 Å². The summed E-state index contributed by atoms with van der Waals surface area (Å²) in [7, 11) is 1.29. The number of carbonyl (C=O) groups excluding carboxylic acids is 1. The SMILES string of the molecule is CCOc1cc(C=Nn2c(-c3cc4cc(Cl)ccc4o3)nc3ccccc3c2=O)cc(Br)c1O[C@H](C)C(=O)OC. The van der Waals surface area contributed by atoms with Crippen molar-refractivity contribution in [1.29, 1.82) is 0 Å². The summed E-state index contributed by atoms with van der Waals surface area (Å²) < 4.78 is 24.1. The van der Waals surface area contributed by atoms with Gasteiger partial charge in [0.1, 0.15) is 5.58 Å². The average Bonchev–Trinajstić information content (AvgIpc) is 3.37. The topological polar surface area (TPSA) is 105 Å². The number of furan rings is 1. The third-order valence-electron chi connectivity index (χ3n) is 5.93. The van der Waals surface area contributed by atoms with Crippen molar-refractivity contribution in [3.05, 3.63) is 86.1 Å². The van der Waals surface area contributed by atoms with Gasteiger partial charge >= 0.3 is 5.97 Å². The van der Waals surface area contributed by atoms with E-state index in [1.54, 1.807) is 61.5 Å². The lowest BCUT2D eigenvalue weighted by molar-refractivity contribution is -0.147. The molecule has 0 fully saturated rings. The number of nitrogens with zero attached hydrogens (tertiary/aromatic N) is 3. The van der Waals surface area contributed by atoms with Crippen molar-refractivity contribution in [3.8, 4) is 23.1 Å². The molecule has 0 unspecified atom stereocenters. The molecular formula is C29H23BrClN3O6. The highest BCUT2D eigenvalue weighted by molar-refractivity contribution is 9.10. The van der Waals surface area contributed by atoms with Crippen LogP contribution in [0.4, 0.5) is 0 Å². The van der Waals surface area contributed by atoms with E-state index in [-0.39, 0.29) is 11.4 Å². The summed E-state index contributed by atoms with van der Waals surface area (Å²) >= 11 is 9.65. The summed E-state index contributed by atoms with van der Waals surface area (Å²) in [5, 5.41) is 6.23. The molecule has 2 heterocycles. The van der Waals surface area contributed by atoms with Gasteiger partial charge in [0.25, 0.3) is 5.56 Å². The van der Waals surface area contributed by atoms with Crippen LogP contribution >= 0.6 is 27.5 Å². The van der Waals surface area contributed by atoms with E-state index < -0.39 is 12.1 Å². The van der Waals surface area contributed by atoms with Gasteiger partial charge in [0.05, 0.1) is 35.3 Å². The van der Waals surface area contributed by atoms with E-state index >= 15 is 0 Å². The Kier molecular flexibility index (Phi) is 7.90. The summed E-state index contributed by atoms with van der Waals surface area (Å²) in [4.78, 5) is 30.2. The van der Waals surface area contributed by atoms with Gasteiger partial charge in [-0.2, -0.15) is 9.78 Å². The lowest BCUT2D eigenvalue weighted by Gasteiger charge is -2.17. The molecule has 9 nitrogen and oxygen atoms in total. The summed E-state index contributed by atoms with van der Waals surface area (Å²) in [6.45, 7) is 3.76. The first-order chi connectivity index (χ1) is 19.3. The normalized spacial score (nSPS) is 12.2. The molecule has 1 atom stereocenters. The third-order valence-corrected chi connectivity index (χ3v) is 6.76. The van der Waals surface area contributed by atoms with Gasteiger partial charge in [-0.05, 0) is 83.9 Å². The maximum Gasteiger partial charge on any atom is 0.346 e. The van der Waals surface area contributed by atoms with Crippen molar-refractivity contribution in [1.82, 2.24) is 9.66 Å². The van der Waals surface area contributed by atoms with Crippen LogP contribution in [0.3, 0.4) is 0 Å². The lowest BCUT2D eigenvalue weighted by atomic mass is 10.2. The van der Waals surface area contributed by atoms with Crippen LogP contribution < -0.4 is 15.0 Å². The number of rotatable bonds is 8. The van der Waals surface area contributed by atoms with Crippen molar-refractivity contribution in [2.75, 3.05) is 13.7 Å².